The van der Waals surface area contributed by atoms with E-state index in [4.69, 9.17) is 4.74 Å². The van der Waals surface area contributed by atoms with Crippen molar-refractivity contribution in [1.29, 1.82) is 0 Å². The molecule has 0 heterocycles. The van der Waals surface area contributed by atoms with Gasteiger partial charge in [0.05, 0.1) is 19.3 Å². The first kappa shape index (κ1) is 18.7. The van der Waals surface area contributed by atoms with Gasteiger partial charge in [-0.15, -0.1) is 0 Å². The van der Waals surface area contributed by atoms with Crippen molar-refractivity contribution in [3.63, 3.8) is 0 Å². The third-order valence-corrected chi connectivity index (χ3v) is 7.19. The molecular formula is C21H28O2Si. The predicted molar refractivity (Wildman–Crippen MR) is 104 cm³/mol. The SMILES string of the molecule is C[C@@H](/C=C/[Si](C)(C)c1ccccc1)[C@H](O)COCc1ccccc1. The van der Waals surface area contributed by atoms with E-state index in [1.807, 2.05) is 43.3 Å². The Morgan fingerprint density at radius 3 is 2.21 bits per heavy atom. The fourth-order valence-electron chi connectivity index (χ4n) is 2.51. The van der Waals surface area contributed by atoms with Crippen molar-refractivity contribution in [1.82, 2.24) is 0 Å². The molecule has 0 radical (unpaired) electrons. The Labute approximate surface area is 146 Å². The Morgan fingerprint density at radius 2 is 1.58 bits per heavy atom. The van der Waals surface area contributed by atoms with Gasteiger partial charge in [-0.25, -0.2) is 0 Å². The van der Waals surface area contributed by atoms with Crippen molar-refractivity contribution in [3.8, 4) is 0 Å². The molecule has 2 aromatic rings. The quantitative estimate of drug-likeness (QED) is 0.738. The van der Waals surface area contributed by atoms with Crippen LogP contribution in [0.2, 0.25) is 13.1 Å². The van der Waals surface area contributed by atoms with Crippen LogP contribution in [0.4, 0.5) is 0 Å². The van der Waals surface area contributed by atoms with Crippen LogP contribution in [0.5, 0.6) is 0 Å². The van der Waals surface area contributed by atoms with E-state index < -0.39 is 14.2 Å². The third kappa shape index (κ3) is 5.75. The summed E-state index contributed by atoms with van der Waals surface area (Å²) in [5, 5.41) is 11.7. The lowest BCUT2D eigenvalue weighted by Crippen LogP contribution is -2.39. The molecule has 24 heavy (non-hydrogen) atoms. The van der Waals surface area contributed by atoms with E-state index >= 15 is 0 Å². The van der Waals surface area contributed by atoms with Crippen molar-refractivity contribution >= 4 is 13.3 Å². The second-order valence-electron chi connectivity index (χ2n) is 6.87. The normalized spacial score (nSPS) is 14.7. The molecule has 0 aliphatic rings. The van der Waals surface area contributed by atoms with E-state index in [1.54, 1.807) is 0 Å². The molecule has 128 valence electrons. The topological polar surface area (TPSA) is 29.5 Å². The van der Waals surface area contributed by atoms with Crippen molar-refractivity contribution in [2.45, 2.75) is 32.7 Å². The molecule has 1 N–H and O–H groups in total. The molecule has 0 aliphatic carbocycles. The molecule has 0 unspecified atom stereocenters. The van der Waals surface area contributed by atoms with Gasteiger partial charge < -0.3 is 9.84 Å². The monoisotopic (exact) mass is 340 g/mol. The number of rotatable bonds is 8. The smallest absolute Gasteiger partial charge is 0.103 e. The molecule has 2 atom stereocenters. The highest BCUT2D eigenvalue weighted by molar-refractivity contribution is 6.93. The number of hydrogen-bond donors (Lipinski definition) is 1. The van der Waals surface area contributed by atoms with Gasteiger partial charge in [0.1, 0.15) is 8.07 Å². The van der Waals surface area contributed by atoms with Crippen LogP contribution in [0.15, 0.2) is 72.4 Å². The van der Waals surface area contributed by atoms with Crippen molar-refractivity contribution in [2.24, 2.45) is 5.92 Å². The standard InChI is InChI=1S/C21H28O2Si/c1-18(14-15-24(2,3)20-12-8-5-9-13-20)21(22)17-23-16-19-10-6-4-7-11-19/h4-15,18,21-22H,16-17H2,1-3H3/b15-14+/t18-,21+/m0/s1. The molecule has 0 saturated carbocycles. The Kier molecular flexibility index (Phi) is 6.97. The largest absolute Gasteiger partial charge is 0.390 e. The molecule has 0 aromatic heterocycles. The zero-order valence-electron chi connectivity index (χ0n) is 14.9. The molecule has 0 amide bonds. The molecular weight excluding hydrogens is 312 g/mol. The second-order valence-corrected chi connectivity index (χ2v) is 11.2. The van der Waals surface area contributed by atoms with E-state index in [9.17, 15) is 5.11 Å². The van der Waals surface area contributed by atoms with Crippen LogP contribution in [0.25, 0.3) is 0 Å². The summed E-state index contributed by atoms with van der Waals surface area (Å²) >= 11 is 0. The maximum absolute atomic E-state index is 10.3. The number of hydrogen-bond acceptors (Lipinski definition) is 2. The van der Waals surface area contributed by atoms with Gasteiger partial charge in [-0.2, -0.15) is 0 Å². The van der Waals surface area contributed by atoms with Gasteiger partial charge in [0.15, 0.2) is 0 Å². The summed E-state index contributed by atoms with van der Waals surface area (Å²) in [7, 11) is -1.60. The summed E-state index contributed by atoms with van der Waals surface area (Å²) in [4.78, 5) is 0. The van der Waals surface area contributed by atoms with Crippen LogP contribution in [-0.4, -0.2) is 25.9 Å². The molecule has 2 nitrogen and oxygen atoms in total. The van der Waals surface area contributed by atoms with Crippen LogP contribution in [-0.2, 0) is 11.3 Å². The number of benzene rings is 2. The zero-order valence-corrected chi connectivity index (χ0v) is 15.9. The molecule has 0 aliphatic heterocycles. The highest BCUT2D eigenvalue weighted by Crippen LogP contribution is 2.12. The fraction of sp³-hybridized carbons (Fsp3) is 0.333. The summed E-state index contributed by atoms with van der Waals surface area (Å²) in [5.74, 6) is 0.0799. The minimum atomic E-state index is -1.60. The second kappa shape index (κ2) is 8.97. The predicted octanol–water partition coefficient (Wildman–Crippen LogP) is 3.91. The van der Waals surface area contributed by atoms with Crippen molar-refractivity contribution in [2.75, 3.05) is 6.61 Å². The average molecular weight is 341 g/mol. The molecule has 0 spiro atoms. The van der Waals surface area contributed by atoms with Gasteiger partial charge in [-0.05, 0) is 5.56 Å². The Balaban J connectivity index is 1.83. The first-order chi connectivity index (χ1) is 11.5. The van der Waals surface area contributed by atoms with Crippen LogP contribution < -0.4 is 5.19 Å². The molecule has 0 bridgehead atoms. The van der Waals surface area contributed by atoms with Crippen molar-refractivity contribution < 1.29 is 9.84 Å². The van der Waals surface area contributed by atoms with Crippen molar-refractivity contribution in [3.05, 3.63) is 78.0 Å². The summed E-state index contributed by atoms with van der Waals surface area (Å²) in [6.07, 6.45) is 1.67. The Bertz CT molecular complexity index is 623. The van der Waals surface area contributed by atoms with Gasteiger partial charge in [0.25, 0.3) is 0 Å². The Morgan fingerprint density at radius 1 is 1.00 bits per heavy atom. The van der Waals surface area contributed by atoms with E-state index in [2.05, 4.69) is 49.1 Å². The van der Waals surface area contributed by atoms with E-state index in [0.29, 0.717) is 13.2 Å². The van der Waals surface area contributed by atoms with Crippen LogP contribution >= 0.6 is 0 Å². The fourth-order valence-corrected chi connectivity index (χ4v) is 4.54. The zero-order chi connectivity index (χ0) is 17.4. The molecule has 2 rings (SSSR count). The maximum atomic E-state index is 10.3. The Hall–Kier alpha value is -1.68. The highest BCUT2D eigenvalue weighted by atomic mass is 28.3. The summed E-state index contributed by atoms with van der Waals surface area (Å²) in [6.45, 7) is 7.59. The number of aliphatic hydroxyl groups excluding tert-OH is 1. The highest BCUT2D eigenvalue weighted by Gasteiger charge is 2.20. The minimum Gasteiger partial charge on any atom is -0.390 e. The summed E-state index contributed by atoms with van der Waals surface area (Å²) < 4.78 is 5.65. The molecule has 2 aromatic carbocycles. The lowest BCUT2D eigenvalue weighted by molar-refractivity contribution is 0.0118. The first-order valence-electron chi connectivity index (χ1n) is 8.53. The summed E-state index contributed by atoms with van der Waals surface area (Å²) in [5.41, 5.74) is 3.44. The first-order valence-corrected chi connectivity index (χ1v) is 11.6. The van der Waals surface area contributed by atoms with E-state index in [1.165, 1.54) is 5.19 Å². The molecule has 0 saturated heterocycles. The van der Waals surface area contributed by atoms with Crippen LogP contribution in [0, 0.1) is 5.92 Å². The van der Waals surface area contributed by atoms with Gasteiger partial charge in [-0.1, -0.05) is 97.6 Å². The lowest BCUT2D eigenvalue weighted by atomic mass is 10.1. The molecule has 3 heteroatoms. The van der Waals surface area contributed by atoms with Gasteiger partial charge >= 0.3 is 0 Å². The van der Waals surface area contributed by atoms with Crippen LogP contribution in [0.3, 0.4) is 0 Å². The number of aliphatic hydroxyl groups is 1. The summed E-state index contributed by atoms with van der Waals surface area (Å²) in [6, 6.07) is 20.7. The van der Waals surface area contributed by atoms with Gasteiger partial charge in [-0.3, -0.25) is 0 Å². The average Bonchev–Trinajstić information content (AvgIpc) is 2.61. The molecule has 0 fully saturated rings. The maximum Gasteiger partial charge on any atom is 0.103 e. The van der Waals surface area contributed by atoms with Crippen LogP contribution in [0.1, 0.15) is 12.5 Å². The minimum absolute atomic E-state index is 0.0799. The van der Waals surface area contributed by atoms with E-state index in [0.717, 1.165) is 5.56 Å². The third-order valence-electron chi connectivity index (χ3n) is 4.34. The lowest BCUT2D eigenvalue weighted by Gasteiger charge is -2.21. The van der Waals surface area contributed by atoms with E-state index in [-0.39, 0.29) is 5.92 Å². The van der Waals surface area contributed by atoms with Gasteiger partial charge in [0.2, 0.25) is 0 Å². The van der Waals surface area contributed by atoms with Gasteiger partial charge in [0, 0.05) is 5.92 Å². The number of ether oxygens (including phenoxy) is 1.